The van der Waals surface area contributed by atoms with Gasteiger partial charge in [0, 0.05) is 6.20 Å². The molecule has 0 fully saturated rings. The van der Waals surface area contributed by atoms with Gasteiger partial charge in [-0.2, -0.15) is 4.98 Å². The molecule has 0 spiro atoms. The molecule has 1 aromatic heterocycles. The Morgan fingerprint density at radius 1 is 1.31 bits per heavy atom. The van der Waals surface area contributed by atoms with E-state index < -0.39 is 0 Å². The van der Waals surface area contributed by atoms with Gasteiger partial charge in [-0.25, -0.2) is 4.98 Å². The maximum Gasteiger partial charge on any atom is 0.319 e. The molecule has 0 N–H and O–H groups in total. The van der Waals surface area contributed by atoms with Crippen LogP contribution in [0.3, 0.4) is 0 Å². The lowest BCUT2D eigenvalue weighted by Gasteiger charge is -2.04. The van der Waals surface area contributed by atoms with E-state index in [1.807, 2.05) is 19.1 Å². The Labute approximate surface area is 77.2 Å². The Kier molecular flexibility index (Phi) is 3.25. The highest BCUT2D eigenvalue weighted by Crippen LogP contribution is 2.17. The zero-order valence-electron chi connectivity index (χ0n) is 7.94. The summed E-state index contributed by atoms with van der Waals surface area (Å²) in [6, 6.07) is 0.310. The minimum atomic E-state index is 0.310. The number of hydrogen-bond acceptors (Lipinski definition) is 4. The molecule has 1 aromatic rings. The van der Waals surface area contributed by atoms with Gasteiger partial charge >= 0.3 is 6.01 Å². The molecule has 70 valence electrons. The first kappa shape index (κ1) is 9.51. The Morgan fingerprint density at radius 3 is 2.62 bits per heavy atom. The number of allylic oxidation sites excluding steroid dienone is 1. The van der Waals surface area contributed by atoms with E-state index in [2.05, 4.69) is 9.97 Å². The molecule has 1 heterocycles. The van der Waals surface area contributed by atoms with Crippen LogP contribution < -0.4 is 9.47 Å². The van der Waals surface area contributed by atoms with Crippen LogP contribution in [0.25, 0.3) is 6.08 Å². The Balaban J connectivity index is 3.07. The van der Waals surface area contributed by atoms with Crippen LogP contribution in [0.1, 0.15) is 12.5 Å². The second kappa shape index (κ2) is 4.45. The third-order valence-corrected chi connectivity index (χ3v) is 1.48. The molecule has 0 saturated carbocycles. The van der Waals surface area contributed by atoms with Gasteiger partial charge in [-0.1, -0.05) is 12.2 Å². The number of nitrogens with zero attached hydrogens (tertiary/aromatic N) is 2. The lowest BCUT2D eigenvalue weighted by molar-refractivity contribution is 0.351. The van der Waals surface area contributed by atoms with Crippen molar-refractivity contribution < 1.29 is 9.47 Å². The monoisotopic (exact) mass is 180 g/mol. The number of hydrogen-bond donors (Lipinski definition) is 0. The third-order valence-electron chi connectivity index (χ3n) is 1.48. The average molecular weight is 180 g/mol. The van der Waals surface area contributed by atoms with Gasteiger partial charge < -0.3 is 9.47 Å². The highest BCUT2D eigenvalue weighted by Gasteiger charge is 2.03. The van der Waals surface area contributed by atoms with Crippen LogP contribution in [0, 0.1) is 0 Å². The molecular weight excluding hydrogens is 168 g/mol. The smallest absolute Gasteiger partial charge is 0.319 e. The van der Waals surface area contributed by atoms with Crippen LogP contribution in [0.4, 0.5) is 0 Å². The standard InChI is InChI=1S/C9H12N2O2/c1-4-5-7-6-10-9(13-3)11-8(7)12-2/h4-6H,1-3H3. The Hall–Kier alpha value is -1.58. The lowest BCUT2D eigenvalue weighted by Crippen LogP contribution is -1.97. The molecular formula is C9H12N2O2. The predicted molar refractivity (Wildman–Crippen MR) is 49.8 cm³/mol. The number of ether oxygens (including phenoxy) is 2. The molecule has 0 aliphatic rings. The summed E-state index contributed by atoms with van der Waals surface area (Å²) >= 11 is 0. The van der Waals surface area contributed by atoms with E-state index in [4.69, 9.17) is 9.47 Å². The third kappa shape index (κ3) is 2.18. The SMILES string of the molecule is CC=Cc1cnc(OC)nc1OC. The van der Waals surface area contributed by atoms with Crippen molar-refractivity contribution in [2.45, 2.75) is 6.92 Å². The summed E-state index contributed by atoms with van der Waals surface area (Å²) in [6.45, 7) is 1.92. The molecule has 0 radical (unpaired) electrons. The van der Waals surface area contributed by atoms with Crippen molar-refractivity contribution in [3.63, 3.8) is 0 Å². The van der Waals surface area contributed by atoms with E-state index in [1.54, 1.807) is 13.3 Å². The molecule has 0 amide bonds. The minimum absolute atomic E-state index is 0.310. The van der Waals surface area contributed by atoms with E-state index in [9.17, 15) is 0 Å². The molecule has 0 bridgehead atoms. The van der Waals surface area contributed by atoms with Crippen LogP contribution in [0.2, 0.25) is 0 Å². The summed E-state index contributed by atoms with van der Waals surface area (Å²) in [5.41, 5.74) is 0.839. The molecule has 0 saturated heterocycles. The molecule has 0 atom stereocenters. The van der Waals surface area contributed by atoms with Crippen LogP contribution in [0.15, 0.2) is 12.3 Å². The minimum Gasteiger partial charge on any atom is -0.480 e. The largest absolute Gasteiger partial charge is 0.480 e. The number of rotatable bonds is 3. The molecule has 4 nitrogen and oxygen atoms in total. The van der Waals surface area contributed by atoms with Crippen molar-refractivity contribution >= 4 is 6.08 Å². The summed E-state index contributed by atoms with van der Waals surface area (Å²) in [5.74, 6) is 0.518. The van der Waals surface area contributed by atoms with E-state index in [0.717, 1.165) is 5.56 Å². The van der Waals surface area contributed by atoms with Gasteiger partial charge in [0.25, 0.3) is 0 Å². The Morgan fingerprint density at radius 2 is 2.08 bits per heavy atom. The fourth-order valence-corrected chi connectivity index (χ4v) is 0.916. The van der Waals surface area contributed by atoms with Crippen LogP contribution in [-0.2, 0) is 0 Å². The highest BCUT2D eigenvalue weighted by atomic mass is 16.5. The normalized spacial score (nSPS) is 10.4. The molecule has 4 heteroatoms. The second-order valence-electron chi connectivity index (χ2n) is 2.32. The van der Waals surface area contributed by atoms with Crippen molar-refractivity contribution in [3.8, 4) is 11.9 Å². The molecule has 0 unspecified atom stereocenters. The van der Waals surface area contributed by atoms with E-state index >= 15 is 0 Å². The van der Waals surface area contributed by atoms with Crippen LogP contribution in [-0.4, -0.2) is 24.2 Å². The molecule has 13 heavy (non-hydrogen) atoms. The van der Waals surface area contributed by atoms with E-state index in [-0.39, 0.29) is 0 Å². The summed E-state index contributed by atoms with van der Waals surface area (Å²) in [7, 11) is 3.08. The maximum absolute atomic E-state index is 5.06. The Bertz CT molecular complexity index is 310. The highest BCUT2D eigenvalue weighted by molar-refractivity contribution is 5.53. The predicted octanol–water partition coefficient (Wildman–Crippen LogP) is 1.53. The topological polar surface area (TPSA) is 44.2 Å². The summed E-state index contributed by atoms with van der Waals surface area (Å²) in [5, 5.41) is 0. The van der Waals surface area contributed by atoms with Gasteiger partial charge in [-0.3, -0.25) is 0 Å². The molecule has 0 aliphatic carbocycles. The zero-order chi connectivity index (χ0) is 9.68. The number of methoxy groups -OCH3 is 2. The van der Waals surface area contributed by atoms with Crippen molar-refractivity contribution in [1.29, 1.82) is 0 Å². The van der Waals surface area contributed by atoms with Crippen molar-refractivity contribution in [2.24, 2.45) is 0 Å². The fraction of sp³-hybridized carbons (Fsp3) is 0.333. The van der Waals surface area contributed by atoms with Crippen molar-refractivity contribution in [3.05, 3.63) is 17.8 Å². The van der Waals surface area contributed by atoms with E-state index in [0.29, 0.717) is 11.9 Å². The zero-order valence-corrected chi connectivity index (χ0v) is 7.94. The van der Waals surface area contributed by atoms with Gasteiger partial charge in [0.15, 0.2) is 0 Å². The summed E-state index contributed by atoms with van der Waals surface area (Å²) in [4.78, 5) is 7.98. The first-order valence-corrected chi connectivity index (χ1v) is 3.89. The van der Waals surface area contributed by atoms with Gasteiger partial charge in [-0.15, -0.1) is 0 Å². The fourth-order valence-electron chi connectivity index (χ4n) is 0.916. The molecule has 0 aliphatic heterocycles. The first-order valence-electron chi connectivity index (χ1n) is 3.89. The van der Waals surface area contributed by atoms with Crippen molar-refractivity contribution in [2.75, 3.05) is 14.2 Å². The van der Waals surface area contributed by atoms with Gasteiger partial charge in [-0.05, 0) is 6.92 Å². The van der Waals surface area contributed by atoms with Crippen LogP contribution in [0.5, 0.6) is 11.9 Å². The van der Waals surface area contributed by atoms with E-state index in [1.165, 1.54) is 7.11 Å². The second-order valence-corrected chi connectivity index (χ2v) is 2.32. The lowest BCUT2D eigenvalue weighted by atomic mass is 10.3. The average Bonchev–Trinajstić information content (AvgIpc) is 2.19. The van der Waals surface area contributed by atoms with Gasteiger partial charge in [0.05, 0.1) is 19.8 Å². The van der Waals surface area contributed by atoms with Crippen LogP contribution >= 0.6 is 0 Å². The maximum atomic E-state index is 5.06. The van der Waals surface area contributed by atoms with Gasteiger partial charge in [0.2, 0.25) is 5.88 Å². The first-order chi connectivity index (χ1) is 6.31. The quantitative estimate of drug-likeness (QED) is 0.707. The summed E-state index contributed by atoms with van der Waals surface area (Å²) in [6.07, 6.45) is 5.43. The van der Waals surface area contributed by atoms with Gasteiger partial charge in [0.1, 0.15) is 0 Å². The molecule has 0 aromatic carbocycles. The van der Waals surface area contributed by atoms with Crippen molar-refractivity contribution in [1.82, 2.24) is 9.97 Å². The summed E-state index contributed by atoms with van der Waals surface area (Å²) < 4.78 is 9.92. The number of aromatic nitrogens is 2. The molecule has 1 rings (SSSR count).